The van der Waals surface area contributed by atoms with Crippen LogP contribution in [0.4, 0.5) is 11.6 Å². The van der Waals surface area contributed by atoms with Gasteiger partial charge in [0.25, 0.3) is 0 Å². The first-order valence-electron chi connectivity index (χ1n) is 8.29. The van der Waals surface area contributed by atoms with Crippen molar-refractivity contribution in [1.29, 1.82) is 0 Å². The van der Waals surface area contributed by atoms with Crippen LogP contribution in [0.2, 0.25) is 0 Å². The highest BCUT2D eigenvalue weighted by molar-refractivity contribution is 5.50. The van der Waals surface area contributed by atoms with E-state index in [2.05, 4.69) is 55.9 Å². The van der Waals surface area contributed by atoms with Crippen LogP contribution in [0.15, 0.2) is 6.07 Å². The molecular weight excluding hydrogens is 260 g/mol. The Labute approximate surface area is 129 Å². The summed E-state index contributed by atoms with van der Waals surface area (Å²) in [5, 5.41) is 3.41. The molecule has 4 nitrogen and oxygen atoms in total. The SMILES string of the molecule is CCCNc1cc(N2CCCC(C)(C)C2)nc(C(C)C)n1. The summed E-state index contributed by atoms with van der Waals surface area (Å²) in [7, 11) is 0. The van der Waals surface area contributed by atoms with Crippen molar-refractivity contribution in [3.63, 3.8) is 0 Å². The predicted octanol–water partition coefficient (Wildman–Crippen LogP) is 4.05. The van der Waals surface area contributed by atoms with E-state index < -0.39 is 0 Å². The molecule has 0 radical (unpaired) electrons. The van der Waals surface area contributed by atoms with Crippen molar-refractivity contribution in [1.82, 2.24) is 9.97 Å². The van der Waals surface area contributed by atoms with Gasteiger partial charge in [-0.15, -0.1) is 0 Å². The van der Waals surface area contributed by atoms with Gasteiger partial charge in [-0.25, -0.2) is 9.97 Å². The lowest BCUT2D eigenvalue weighted by atomic mass is 9.84. The molecule has 1 aromatic rings. The first-order chi connectivity index (χ1) is 9.91. The molecule has 1 aliphatic rings. The van der Waals surface area contributed by atoms with E-state index in [9.17, 15) is 0 Å². The van der Waals surface area contributed by atoms with Crippen molar-refractivity contribution in [2.24, 2.45) is 5.41 Å². The van der Waals surface area contributed by atoms with Crippen molar-refractivity contribution in [3.05, 3.63) is 11.9 Å². The summed E-state index contributed by atoms with van der Waals surface area (Å²) >= 11 is 0. The number of hydrogen-bond acceptors (Lipinski definition) is 4. The zero-order valence-corrected chi connectivity index (χ0v) is 14.2. The second kappa shape index (κ2) is 6.63. The van der Waals surface area contributed by atoms with Gasteiger partial charge in [0.15, 0.2) is 0 Å². The van der Waals surface area contributed by atoms with Gasteiger partial charge in [-0.3, -0.25) is 0 Å². The third-order valence-corrected chi connectivity index (χ3v) is 4.03. The van der Waals surface area contributed by atoms with Gasteiger partial charge in [0.1, 0.15) is 17.5 Å². The van der Waals surface area contributed by atoms with Gasteiger partial charge in [-0.1, -0.05) is 34.6 Å². The van der Waals surface area contributed by atoms with E-state index in [-0.39, 0.29) is 0 Å². The molecule has 2 rings (SSSR count). The number of nitrogens with zero attached hydrogens (tertiary/aromatic N) is 3. The highest BCUT2D eigenvalue weighted by Crippen LogP contribution is 2.31. The molecule has 1 aromatic heterocycles. The maximum absolute atomic E-state index is 4.81. The van der Waals surface area contributed by atoms with Crippen LogP contribution in [-0.2, 0) is 0 Å². The lowest BCUT2D eigenvalue weighted by Crippen LogP contribution is -2.40. The Morgan fingerprint density at radius 1 is 1.33 bits per heavy atom. The molecule has 2 heterocycles. The standard InChI is InChI=1S/C17H30N4/c1-6-9-18-14-11-15(20-16(19-14)13(2)3)21-10-7-8-17(4,5)12-21/h11,13H,6-10,12H2,1-5H3,(H,18,19,20). The first-order valence-corrected chi connectivity index (χ1v) is 8.29. The van der Waals surface area contributed by atoms with Gasteiger partial charge < -0.3 is 10.2 Å². The normalized spacial score (nSPS) is 18.1. The summed E-state index contributed by atoms with van der Waals surface area (Å²) in [5.74, 6) is 3.34. The lowest BCUT2D eigenvalue weighted by Gasteiger charge is -2.39. The second-order valence-corrected chi connectivity index (χ2v) is 7.24. The average molecular weight is 290 g/mol. The van der Waals surface area contributed by atoms with Crippen LogP contribution in [0.25, 0.3) is 0 Å². The molecule has 0 bridgehead atoms. The van der Waals surface area contributed by atoms with Crippen LogP contribution in [0.1, 0.15) is 65.6 Å². The molecule has 1 saturated heterocycles. The van der Waals surface area contributed by atoms with Crippen molar-refractivity contribution < 1.29 is 0 Å². The minimum absolute atomic E-state index is 0.352. The Morgan fingerprint density at radius 3 is 2.71 bits per heavy atom. The van der Waals surface area contributed by atoms with Gasteiger partial charge in [-0.05, 0) is 24.7 Å². The number of rotatable bonds is 5. The monoisotopic (exact) mass is 290 g/mol. The van der Waals surface area contributed by atoms with Gasteiger partial charge in [0.05, 0.1) is 0 Å². The quantitative estimate of drug-likeness (QED) is 0.888. The van der Waals surface area contributed by atoms with Crippen molar-refractivity contribution >= 4 is 11.6 Å². The molecule has 0 saturated carbocycles. The Kier molecular flexibility index (Phi) is 5.07. The smallest absolute Gasteiger partial charge is 0.135 e. The summed E-state index contributed by atoms with van der Waals surface area (Å²) in [5.41, 5.74) is 0.373. The van der Waals surface area contributed by atoms with E-state index in [1.54, 1.807) is 0 Å². The fourth-order valence-corrected chi connectivity index (χ4v) is 2.84. The van der Waals surface area contributed by atoms with E-state index in [1.807, 2.05) is 0 Å². The molecule has 0 unspecified atom stereocenters. The molecule has 0 aliphatic carbocycles. The molecule has 0 spiro atoms. The largest absolute Gasteiger partial charge is 0.370 e. The van der Waals surface area contributed by atoms with E-state index in [0.717, 1.165) is 43.5 Å². The summed E-state index contributed by atoms with van der Waals surface area (Å²) in [4.78, 5) is 11.9. The predicted molar refractivity (Wildman–Crippen MR) is 90.1 cm³/mol. The molecule has 0 aromatic carbocycles. The highest BCUT2D eigenvalue weighted by atomic mass is 15.2. The minimum atomic E-state index is 0.352. The van der Waals surface area contributed by atoms with Gasteiger partial charge in [0, 0.05) is 31.6 Å². The van der Waals surface area contributed by atoms with E-state index >= 15 is 0 Å². The number of anilines is 2. The Hall–Kier alpha value is -1.32. The lowest BCUT2D eigenvalue weighted by molar-refractivity contribution is 0.292. The Morgan fingerprint density at radius 2 is 2.10 bits per heavy atom. The topological polar surface area (TPSA) is 41.0 Å². The zero-order chi connectivity index (χ0) is 15.5. The van der Waals surface area contributed by atoms with E-state index in [4.69, 9.17) is 4.98 Å². The van der Waals surface area contributed by atoms with E-state index in [1.165, 1.54) is 12.8 Å². The maximum atomic E-state index is 4.81. The Bertz CT molecular complexity index is 468. The molecule has 1 N–H and O–H groups in total. The van der Waals surface area contributed by atoms with Gasteiger partial charge in [0.2, 0.25) is 0 Å². The van der Waals surface area contributed by atoms with Gasteiger partial charge in [-0.2, -0.15) is 0 Å². The molecule has 4 heteroatoms. The number of piperidine rings is 1. The third kappa shape index (κ3) is 4.32. The zero-order valence-electron chi connectivity index (χ0n) is 14.2. The summed E-state index contributed by atoms with van der Waals surface area (Å²) in [6.07, 6.45) is 3.64. The summed E-state index contributed by atoms with van der Waals surface area (Å²) < 4.78 is 0. The maximum Gasteiger partial charge on any atom is 0.135 e. The molecule has 0 atom stereocenters. The first kappa shape index (κ1) is 16.1. The molecule has 1 aliphatic heterocycles. The van der Waals surface area contributed by atoms with Crippen molar-refractivity contribution in [3.8, 4) is 0 Å². The molecule has 21 heavy (non-hydrogen) atoms. The third-order valence-electron chi connectivity index (χ3n) is 4.03. The fraction of sp³-hybridized carbons (Fsp3) is 0.765. The Balaban J connectivity index is 2.26. The van der Waals surface area contributed by atoms with Crippen LogP contribution < -0.4 is 10.2 Å². The molecule has 0 amide bonds. The molecule has 118 valence electrons. The highest BCUT2D eigenvalue weighted by Gasteiger charge is 2.27. The van der Waals surface area contributed by atoms with Crippen LogP contribution >= 0.6 is 0 Å². The van der Waals surface area contributed by atoms with Crippen LogP contribution in [0.5, 0.6) is 0 Å². The van der Waals surface area contributed by atoms with Crippen molar-refractivity contribution in [2.45, 2.75) is 59.8 Å². The van der Waals surface area contributed by atoms with Gasteiger partial charge >= 0.3 is 0 Å². The van der Waals surface area contributed by atoms with E-state index in [0.29, 0.717) is 11.3 Å². The number of hydrogen-bond donors (Lipinski definition) is 1. The second-order valence-electron chi connectivity index (χ2n) is 7.24. The van der Waals surface area contributed by atoms with Crippen LogP contribution in [0.3, 0.4) is 0 Å². The van der Waals surface area contributed by atoms with Crippen LogP contribution in [-0.4, -0.2) is 29.6 Å². The summed E-state index contributed by atoms with van der Waals surface area (Å²) in [6, 6.07) is 2.11. The summed E-state index contributed by atoms with van der Waals surface area (Å²) in [6.45, 7) is 14.3. The number of aromatic nitrogens is 2. The molecular formula is C17H30N4. The number of nitrogens with one attached hydrogen (secondary N) is 1. The van der Waals surface area contributed by atoms with Crippen LogP contribution in [0, 0.1) is 5.41 Å². The molecule has 1 fully saturated rings. The average Bonchev–Trinajstić information content (AvgIpc) is 2.43. The fourth-order valence-electron chi connectivity index (χ4n) is 2.84. The minimum Gasteiger partial charge on any atom is -0.370 e. The van der Waals surface area contributed by atoms with Crippen molar-refractivity contribution in [2.75, 3.05) is 29.9 Å².